The summed E-state index contributed by atoms with van der Waals surface area (Å²) in [6, 6.07) is 7.24. The van der Waals surface area contributed by atoms with Gasteiger partial charge in [0, 0.05) is 11.3 Å². The Morgan fingerprint density at radius 1 is 1.41 bits per heavy atom. The molecule has 0 aliphatic rings. The minimum Gasteiger partial charge on any atom is -0.459 e. The third kappa shape index (κ3) is 3.18. The SMILES string of the molecule is NCc1ccc(C(=O)OCCc2cccs2)o1. The first kappa shape index (κ1) is 11.9. The first-order chi connectivity index (χ1) is 8.29. The van der Waals surface area contributed by atoms with Crippen LogP contribution in [0, 0.1) is 0 Å². The van der Waals surface area contributed by atoms with Gasteiger partial charge in [0.05, 0.1) is 13.2 Å². The van der Waals surface area contributed by atoms with Crippen LogP contribution in [0.25, 0.3) is 0 Å². The van der Waals surface area contributed by atoms with Crippen molar-refractivity contribution in [2.75, 3.05) is 6.61 Å². The summed E-state index contributed by atoms with van der Waals surface area (Å²) in [5, 5.41) is 2.00. The lowest BCUT2D eigenvalue weighted by Gasteiger charge is -2.01. The van der Waals surface area contributed by atoms with Gasteiger partial charge >= 0.3 is 5.97 Å². The molecule has 0 radical (unpaired) electrons. The lowest BCUT2D eigenvalue weighted by atomic mass is 10.3. The summed E-state index contributed by atoms with van der Waals surface area (Å²) in [5.74, 6) is 0.341. The fraction of sp³-hybridized carbons (Fsp3) is 0.250. The van der Waals surface area contributed by atoms with Gasteiger partial charge in [-0.05, 0) is 23.6 Å². The van der Waals surface area contributed by atoms with E-state index in [0.29, 0.717) is 12.4 Å². The van der Waals surface area contributed by atoms with Gasteiger partial charge in [0.1, 0.15) is 5.76 Å². The Hall–Kier alpha value is -1.59. The van der Waals surface area contributed by atoms with Crippen molar-refractivity contribution < 1.29 is 13.9 Å². The predicted molar refractivity (Wildman–Crippen MR) is 64.9 cm³/mol. The second-order valence-corrected chi connectivity index (χ2v) is 4.47. The zero-order valence-corrected chi connectivity index (χ0v) is 10.0. The second kappa shape index (κ2) is 5.65. The van der Waals surface area contributed by atoms with Crippen molar-refractivity contribution in [3.8, 4) is 0 Å². The van der Waals surface area contributed by atoms with Crippen molar-refractivity contribution in [2.24, 2.45) is 5.73 Å². The zero-order valence-electron chi connectivity index (χ0n) is 9.22. The van der Waals surface area contributed by atoms with E-state index >= 15 is 0 Å². The maximum atomic E-state index is 11.5. The van der Waals surface area contributed by atoms with Crippen molar-refractivity contribution in [3.05, 3.63) is 46.0 Å². The minimum absolute atomic E-state index is 0.205. The molecule has 0 saturated carbocycles. The molecule has 0 aliphatic carbocycles. The van der Waals surface area contributed by atoms with E-state index < -0.39 is 5.97 Å². The number of rotatable bonds is 5. The van der Waals surface area contributed by atoms with E-state index in [0.717, 1.165) is 6.42 Å². The van der Waals surface area contributed by atoms with Crippen LogP contribution < -0.4 is 5.73 Å². The maximum Gasteiger partial charge on any atom is 0.374 e. The second-order valence-electron chi connectivity index (χ2n) is 3.44. The highest BCUT2D eigenvalue weighted by Gasteiger charge is 2.11. The summed E-state index contributed by atoms with van der Waals surface area (Å²) in [6.07, 6.45) is 0.730. The van der Waals surface area contributed by atoms with E-state index in [4.69, 9.17) is 14.9 Å². The van der Waals surface area contributed by atoms with Crippen LogP contribution >= 0.6 is 11.3 Å². The molecule has 2 N–H and O–H groups in total. The average molecular weight is 251 g/mol. The molecule has 0 saturated heterocycles. The molecule has 2 aromatic rings. The smallest absolute Gasteiger partial charge is 0.374 e. The molecule has 17 heavy (non-hydrogen) atoms. The minimum atomic E-state index is -0.443. The van der Waals surface area contributed by atoms with Crippen LogP contribution in [0.15, 0.2) is 34.1 Å². The van der Waals surface area contributed by atoms with Crippen LogP contribution in [0.4, 0.5) is 0 Å². The van der Waals surface area contributed by atoms with Crippen LogP contribution in [0.1, 0.15) is 21.2 Å². The Morgan fingerprint density at radius 3 is 2.94 bits per heavy atom. The van der Waals surface area contributed by atoms with Gasteiger partial charge in [0.2, 0.25) is 5.76 Å². The topological polar surface area (TPSA) is 65.5 Å². The van der Waals surface area contributed by atoms with Gasteiger partial charge in [-0.3, -0.25) is 0 Å². The van der Waals surface area contributed by atoms with E-state index in [-0.39, 0.29) is 12.3 Å². The van der Waals surface area contributed by atoms with E-state index in [2.05, 4.69) is 0 Å². The normalized spacial score (nSPS) is 10.4. The summed E-state index contributed by atoms with van der Waals surface area (Å²) < 4.78 is 10.3. The van der Waals surface area contributed by atoms with Crippen LogP contribution in [0.2, 0.25) is 0 Å². The molecule has 2 aromatic heterocycles. The number of esters is 1. The number of thiophene rings is 1. The van der Waals surface area contributed by atoms with Crippen LogP contribution in [0.3, 0.4) is 0 Å². The number of carbonyl (C=O) groups excluding carboxylic acids is 1. The van der Waals surface area contributed by atoms with Crippen molar-refractivity contribution in [2.45, 2.75) is 13.0 Å². The molecule has 90 valence electrons. The van der Waals surface area contributed by atoms with Gasteiger partial charge in [-0.15, -0.1) is 11.3 Å². The molecule has 0 atom stereocenters. The Bertz CT molecular complexity index is 476. The summed E-state index contributed by atoms with van der Waals surface area (Å²) in [7, 11) is 0. The molecular weight excluding hydrogens is 238 g/mol. The highest BCUT2D eigenvalue weighted by molar-refractivity contribution is 7.09. The van der Waals surface area contributed by atoms with Crippen LogP contribution in [-0.2, 0) is 17.7 Å². The van der Waals surface area contributed by atoms with E-state index in [1.165, 1.54) is 4.88 Å². The van der Waals surface area contributed by atoms with Gasteiger partial charge < -0.3 is 14.9 Å². The summed E-state index contributed by atoms with van der Waals surface area (Å²) >= 11 is 1.65. The largest absolute Gasteiger partial charge is 0.459 e. The fourth-order valence-corrected chi connectivity index (χ4v) is 2.06. The Kier molecular flexibility index (Phi) is 3.95. The number of ether oxygens (including phenoxy) is 1. The number of nitrogens with two attached hydrogens (primary N) is 1. The number of hydrogen-bond donors (Lipinski definition) is 1. The maximum absolute atomic E-state index is 11.5. The van der Waals surface area contributed by atoms with E-state index in [9.17, 15) is 4.79 Å². The Balaban J connectivity index is 1.81. The van der Waals surface area contributed by atoms with Crippen molar-refractivity contribution in [1.29, 1.82) is 0 Å². The number of carbonyl (C=O) groups is 1. The lowest BCUT2D eigenvalue weighted by molar-refractivity contribution is 0.0472. The molecule has 0 amide bonds. The van der Waals surface area contributed by atoms with Crippen LogP contribution in [0.5, 0.6) is 0 Å². The predicted octanol–water partition coefficient (Wildman–Crippen LogP) is 2.20. The van der Waals surface area contributed by atoms with Gasteiger partial charge in [-0.2, -0.15) is 0 Å². The van der Waals surface area contributed by atoms with Crippen molar-refractivity contribution in [3.63, 3.8) is 0 Å². The molecule has 0 aliphatic heterocycles. The van der Waals surface area contributed by atoms with Gasteiger partial charge in [0.15, 0.2) is 0 Å². The van der Waals surface area contributed by atoms with E-state index in [1.54, 1.807) is 23.5 Å². The first-order valence-electron chi connectivity index (χ1n) is 5.28. The molecule has 0 aromatic carbocycles. The molecule has 0 fully saturated rings. The highest BCUT2D eigenvalue weighted by Crippen LogP contribution is 2.11. The van der Waals surface area contributed by atoms with Crippen LogP contribution in [-0.4, -0.2) is 12.6 Å². The Morgan fingerprint density at radius 2 is 2.29 bits per heavy atom. The molecule has 2 rings (SSSR count). The third-order valence-corrected chi connectivity index (χ3v) is 3.16. The fourth-order valence-electron chi connectivity index (χ4n) is 1.37. The highest BCUT2D eigenvalue weighted by atomic mass is 32.1. The third-order valence-electron chi connectivity index (χ3n) is 2.23. The van der Waals surface area contributed by atoms with Gasteiger partial charge in [0.25, 0.3) is 0 Å². The number of furan rings is 1. The average Bonchev–Trinajstić information content (AvgIpc) is 2.99. The van der Waals surface area contributed by atoms with Crippen molar-refractivity contribution >= 4 is 17.3 Å². The van der Waals surface area contributed by atoms with Gasteiger partial charge in [-0.1, -0.05) is 6.07 Å². The zero-order chi connectivity index (χ0) is 12.1. The van der Waals surface area contributed by atoms with E-state index in [1.807, 2.05) is 17.5 Å². The molecule has 0 unspecified atom stereocenters. The summed E-state index contributed by atoms with van der Waals surface area (Å²) in [6.45, 7) is 0.639. The standard InChI is InChI=1S/C12H13NO3S/c13-8-9-3-4-11(16-9)12(14)15-6-5-10-2-1-7-17-10/h1-4,7H,5-6,8,13H2. The lowest BCUT2D eigenvalue weighted by Crippen LogP contribution is -2.06. The van der Waals surface area contributed by atoms with Gasteiger partial charge in [-0.25, -0.2) is 4.79 Å². The molecule has 2 heterocycles. The summed E-state index contributed by atoms with van der Waals surface area (Å²) in [5.41, 5.74) is 5.38. The molecular formula is C12H13NO3S. The molecule has 5 heteroatoms. The molecule has 0 spiro atoms. The monoisotopic (exact) mass is 251 g/mol. The summed E-state index contributed by atoms with van der Waals surface area (Å²) in [4.78, 5) is 12.7. The number of hydrogen-bond acceptors (Lipinski definition) is 5. The molecule has 0 bridgehead atoms. The Labute approximate surface area is 103 Å². The van der Waals surface area contributed by atoms with Crippen molar-refractivity contribution in [1.82, 2.24) is 0 Å². The quantitative estimate of drug-likeness (QED) is 0.827. The molecule has 4 nitrogen and oxygen atoms in total. The first-order valence-corrected chi connectivity index (χ1v) is 6.16.